The van der Waals surface area contributed by atoms with Gasteiger partial charge < -0.3 is 4.57 Å². The molecule has 0 atom stereocenters. The molecule has 0 radical (unpaired) electrons. The fourth-order valence-electron chi connectivity index (χ4n) is 2.10. The van der Waals surface area contributed by atoms with E-state index in [1.54, 1.807) is 18.0 Å². The molecule has 0 aliphatic carbocycles. The molecule has 116 valence electrons. The van der Waals surface area contributed by atoms with Crippen molar-refractivity contribution in [1.82, 2.24) is 19.7 Å². The van der Waals surface area contributed by atoms with Gasteiger partial charge in [0.1, 0.15) is 5.69 Å². The first-order valence-corrected chi connectivity index (χ1v) is 8.80. The standard InChI is InChI=1S/C17H15BrN4S/c1-12(13-6-5-7-14(18)10-13)11-23-17-21-20-16(22(17)2)15-8-3-4-9-19-15/h3-10H,1,11H2,2H3. The van der Waals surface area contributed by atoms with Gasteiger partial charge in [-0.1, -0.05) is 52.5 Å². The molecule has 3 aromatic rings. The van der Waals surface area contributed by atoms with E-state index in [0.717, 1.165) is 38.0 Å². The maximum Gasteiger partial charge on any atom is 0.191 e. The van der Waals surface area contributed by atoms with E-state index in [1.807, 2.05) is 41.9 Å². The van der Waals surface area contributed by atoms with Gasteiger partial charge in [0.15, 0.2) is 11.0 Å². The molecular formula is C17H15BrN4S. The largest absolute Gasteiger partial charge is 0.304 e. The summed E-state index contributed by atoms with van der Waals surface area (Å²) in [4.78, 5) is 4.32. The minimum Gasteiger partial charge on any atom is -0.304 e. The second-order valence-corrected chi connectivity index (χ2v) is 6.84. The second kappa shape index (κ2) is 7.10. The molecule has 0 N–H and O–H groups in total. The second-order valence-electron chi connectivity index (χ2n) is 4.98. The van der Waals surface area contributed by atoms with Crippen LogP contribution in [0.5, 0.6) is 0 Å². The van der Waals surface area contributed by atoms with Gasteiger partial charge in [0.2, 0.25) is 0 Å². The monoisotopic (exact) mass is 386 g/mol. The molecule has 6 heteroatoms. The van der Waals surface area contributed by atoms with Crippen LogP contribution in [0.4, 0.5) is 0 Å². The predicted octanol–water partition coefficient (Wildman–Crippen LogP) is 4.45. The van der Waals surface area contributed by atoms with Gasteiger partial charge in [-0.15, -0.1) is 10.2 Å². The summed E-state index contributed by atoms with van der Waals surface area (Å²) in [5, 5.41) is 9.35. The molecule has 2 aromatic heterocycles. The lowest BCUT2D eigenvalue weighted by atomic mass is 10.1. The molecule has 0 amide bonds. The van der Waals surface area contributed by atoms with Crippen molar-refractivity contribution < 1.29 is 0 Å². The van der Waals surface area contributed by atoms with E-state index < -0.39 is 0 Å². The minimum atomic E-state index is 0.755. The number of rotatable bonds is 5. The molecule has 0 aliphatic heterocycles. The van der Waals surface area contributed by atoms with Crippen LogP contribution >= 0.6 is 27.7 Å². The number of halogens is 1. The Morgan fingerprint density at radius 1 is 1.22 bits per heavy atom. The first-order valence-electron chi connectivity index (χ1n) is 7.02. The summed E-state index contributed by atoms with van der Waals surface area (Å²) in [5.41, 5.74) is 3.00. The topological polar surface area (TPSA) is 43.6 Å². The third-order valence-electron chi connectivity index (χ3n) is 3.34. The summed E-state index contributed by atoms with van der Waals surface area (Å²) >= 11 is 5.10. The Morgan fingerprint density at radius 3 is 2.83 bits per heavy atom. The first-order chi connectivity index (χ1) is 11.1. The maximum absolute atomic E-state index is 4.32. The Bertz CT molecular complexity index is 830. The van der Waals surface area contributed by atoms with E-state index in [2.05, 4.69) is 49.8 Å². The fraction of sp³-hybridized carbons (Fsp3) is 0.118. The van der Waals surface area contributed by atoms with Gasteiger partial charge in [-0.05, 0) is 35.4 Å². The maximum atomic E-state index is 4.32. The summed E-state index contributed by atoms with van der Waals surface area (Å²) in [6, 6.07) is 13.9. The Hall–Kier alpha value is -1.92. The molecule has 2 heterocycles. The van der Waals surface area contributed by atoms with Gasteiger partial charge in [-0.3, -0.25) is 4.98 Å². The van der Waals surface area contributed by atoms with Crippen LogP contribution in [0.2, 0.25) is 0 Å². The first kappa shape index (κ1) is 16.0. The average Bonchev–Trinajstić information content (AvgIpc) is 2.94. The molecule has 1 aromatic carbocycles. The summed E-state index contributed by atoms with van der Waals surface area (Å²) in [5.74, 6) is 1.52. The minimum absolute atomic E-state index is 0.755. The molecule has 3 rings (SSSR count). The highest BCUT2D eigenvalue weighted by Gasteiger charge is 2.12. The molecule has 0 aliphatic rings. The number of pyridine rings is 1. The number of nitrogens with zero attached hydrogens (tertiary/aromatic N) is 4. The zero-order chi connectivity index (χ0) is 16.2. The Kier molecular flexibility index (Phi) is 4.93. The van der Waals surface area contributed by atoms with E-state index in [0.29, 0.717) is 0 Å². The van der Waals surface area contributed by atoms with Gasteiger partial charge in [0.25, 0.3) is 0 Å². The van der Waals surface area contributed by atoms with Gasteiger partial charge in [0, 0.05) is 23.5 Å². The molecule has 0 saturated heterocycles. The van der Waals surface area contributed by atoms with Crippen LogP contribution in [0.25, 0.3) is 17.1 Å². The summed E-state index contributed by atoms with van der Waals surface area (Å²) in [7, 11) is 1.95. The Balaban J connectivity index is 1.72. The third-order valence-corrected chi connectivity index (χ3v) is 4.94. The lowest BCUT2D eigenvalue weighted by molar-refractivity contribution is 0.793. The summed E-state index contributed by atoms with van der Waals surface area (Å²) < 4.78 is 3.01. The normalized spacial score (nSPS) is 10.7. The lowest BCUT2D eigenvalue weighted by Gasteiger charge is -2.06. The van der Waals surface area contributed by atoms with Gasteiger partial charge >= 0.3 is 0 Å². The van der Waals surface area contributed by atoms with E-state index >= 15 is 0 Å². The summed E-state index contributed by atoms with van der Waals surface area (Å²) in [6.07, 6.45) is 1.76. The van der Waals surface area contributed by atoms with E-state index in [-0.39, 0.29) is 0 Å². The van der Waals surface area contributed by atoms with E-state index in [4.69, 9.17) is 0 Å². The van der Waals surface area contributed by atoms with E-state index in [1.165, 1.54) is 0 Å². The van der Waals surface area contributed by atoms with Gasteiger partial charge in [-0.25, -0.2) is 0 Å². The predicted molar refractivity (Wildman–Crippen MR) is 98.1 cm³/mol. The molecule has 4 nitrogen and oxygen atoms in total. The van der Waals surface area contributed by atoms with Crippen LogP contribution in [0.3, 0.4) is 0 Å². The van der Waals surface area contributed by atoms with Gasteiger partial charge in [-0.2, -0.15) is 0 Å². The Labute approximate surface area is 147 Å². The molecule has 0 bridgehead atoms. The number of hydrogen-bond acceptors (Lipinski definition) is 4. The third kappa shape index (κ3) is 3.71. The highest BCUT2D eigenvalue weighted by atomic mass is 79.9. The van der Waals surface area contributed by atoms with Crippen molar-refractivity contribution in [2.24, 2.45) is 7.05 Å². The average molecular weight is 387 g/mol. The van der Waals surface area contributed by atoms with Crippen LogP contribution in [0, 0.1) is 0 Å². The number of aromatic nitrogens is 4. The van der Waals surface area contributed by atoms with Crippen molar-refractivity contribution in [3.05, 3.63) is 65.3 Å². The van der Waals surface area contributed by atoms with Crippen LogP contribution in [-0.4, -0.2) is 25.5 Å². The SMILES string of the molecule is C=C(CSc1nnc(-c2ccccn2)n1C)c1cccc(Br)c1. The van der Waals surface area contributed by atoms with Crippen molar-refractivity contribution in [3.8, 4) is 11.5 Å². The van der Waals surface area contributed by atoms with Crippen molar-refractivity contribution in [2.75, 3.05) is 5.75 Å². The highest BCUT2D eigenvalue weighted by molar-refractivity contribution is 9.10. The Morgan fingerprint density at radius 2 is 2.09 bits per heavy atom. The molecule has 0 unspecified atom stereocenters. The van der Waals surface area contributed by atoms with Crippen molar-refractivity contribution in [2.45, 2.75) is 5.16 Å². The van der Waals surface area contributed by atoms with Crippen molar-refractivity contribution >= 4 is 33.3 Å². The van der Waals surface area contributed by atoms with Crippen LogP contribution in [-0.2, 0) is 7.05 Å². The van der Waals surface area contributed by atoms with Crippen molar-refractivity contribution in [3.63, 3.8) is 0 Å². The quantitative estimate of drug-likeness (QED) is 0.607. The highest BCUT2D eigenvalue weighted by Crippen LogP contribution is 2.26. The van der Waals surface area contributed by atoms with Crippen molar-refractivity contribution in [1.29, 1.82) is 0 Å². The van der Waals surface area contributed by atoms with Crippen LogP contribution < -0.4 is 0 Å². The molecule has 0 fully saturated rings. The zero-order valence-corrected chi connectivity index (χ0v) is 15.0. The number of hydrogen-bond donors (Lipinski definition) is 0. The molecular weight excluding hydrogens is 372 g/mol. The number of thioether (sulfide) groups is 1. The van der Waals surface area contributed by atoms with Crippen LogP contribution in [0.1, 0.15) is 5.56 Å². The fourth-order valence-corrected chi connectivity index (χ4v) is 3.35. The lowest BCUT2D eigenvalue weighted by Crippen LogP contribution is -1.97. The molecule has 0 spiro atoms. The van der Waals surface area contributed by atoms with Gasteiger partial charge in [0.05, 0.1) is 0 Å². The number of benzene rings is 1. The molecule has 23 heavy (non-hydrogen) atoms. The van der Waals surface area contributed by atoms with Crippen LogP contribution in [0.15, 0.2) is 64.9 Å². The summed E-state index contributed by atoms with van der Waals surface area (Å²) in [6.45, 7) is 4.16. The smallest absolute Gasteiger partial charge is 0.191 e. The molecule has 0 saturated carbocycles. The zero-order valence-electron chi connectivity index (χ0n) is 12.6. The van der Waals surface area contributed by atoms with E-state index in [9.17, 15) is 0 Å².